The molecule has 2 amide bonds. The minimum absolute atomic E-state index is 0.0298. The summed E-state index contributed by atoms with van der Waals surface area (Å²) in [7, 11) is 1.83. The van der Waals surface area contributed by atoms with Gasteiger partial charge in [0.1, 0.15) is 5.54 Å². The third-order valence-corrected chi connectivity index (χ3v) is 6.78. The van der Waals surface area contributed by atoms with Gasteiger partial charge in [-0.2, -0.15) is 0 Å². The van der Waals surface area contributed by atoms with E-state index in [1.807, 2.05) is 62.5 Å². The molecule has 2 fully saturated rings. The largest absolute Gasteiger partial charge is 0.326 e. The van der Waals surface area contributed by atoms with E-state index in [2.05, 4.69) is 10.2 Å². The maximum Gasteiger partial charge on any atom is 0.252 e. The molecule has 0 aromatic heterocycles. The van der Waals surface area contributed by atoms with Crippen LogP contribution in [0.5, 0.6) is 0 Å². The van der Waals surface area contributed by atoms with Crippen molar-refractivity contribution in [1.82, 2.24) is 4.90 Å². The average molecular weight is 375 g/mol. The summed E-state index contributed by atoms with van der Waals surface area (Å²) in [5.74, 6) is -0.420. The molecule has 2 aromatic rings. The summed E-state index contributed by atoms with van der Waals surface area (Å²) in [6.45, 7) is 2.89. The lowest BCUT2D eigenvalue weighted by Crippen LogP contribution is -2.55. The van der Waals surface area contributed by atoms with Gasteiger partial charge in [0.2, 0.25) is 5.91 Å². The van der Waals surface area contributed by atoms with E-state index in [0.29, 0.717) is 0 Å². The third kappa shape index (κ3) is 2.23. The van der Waals surface area contributed by atoms with Crippen molar-refractivity contribution in [3.63, 3.8) is 0 Å². The van der Waals surface area contributed by atoms with Crippen LogP contribution in [0.3, 0.4) is 0 Å². The second kappa shape index (κ2) is 6.17. The topological polar surface area (TPSA) is 52.7 Å². The first-order valence-corrected chi connectivity index (χ1v) is 10.1. The molecular weight excluding hydrogens is 350 g/mol. The van der Waals surface area contributed by atoms with Crippen LogP contribution in [0.2, 0.25) is 0 Å². The highest BCUT2D eigenvalue weighted by Gasteiger charge is 2.66. The summed E-state index contributed by atoms with van der Waals surface area (Å²) in [4.78, 5) is 31.1. The molecule has 1 N–H and O–H groups in total. The predicted molar refractivity (Wildman–Crippen MR) is 109 cm³/mol. The van der Waals surface area contributed by atoms with Gasteiger partial charge in [0.15, 0.2) is 0 Å². The molecule has 5 rings (SSSR count). The van der Waals surface area contributed by atoms with Crippen LogP contribution in [0.1, 0.15) is 30.4 Å². The quantitative estimate of drug-likeness (QED) is 0.876. The average Bonchev–Trinajstić information content (AvgIpc) is 3.34. The molecule has 3 aliphatic rings. The van der Waals surface area contributed by atoms with E-state index < -0.39 is 11.5 Å². The number of hydrogen-bond acceptors (Lipinski definition) is 3. The molecule has 1 spiro atoms. The number of carbonyl (C=O) groups is 2. The fourth-order valence-electron chi connectivity index (χ4n) is 5.53. The number of aryl methyl sites for hydroxylation is 1. The van der Waals surface area contributed by atoms with Gasteiger partial charge in [-0.3, -0.25) is 14.5 Å². The number of carbonyl (C=O) groups excluding carboxylic acids is 2. The highest BCUT2D eigenvalue weighted by atomic mass is 16.2. The van der Waals surface area contributed by atoms with E-state index in [1.165, 1.54) is 0 Å². The van der Waals surface area contributed by atoms with E-state index in [1.54, 1.807) is 4.90 Å². The molecule has 28 heavy (non-hydrogen) atoms. The van der Waals surface area contributed by atoms with Gasteiger partial charge < -0.3 is 10.2 Å². The van der Waals surface area contributed by atoms with Gasteiger partial charge in [0.25, 0.3) is 5.91 Å². The normalized spacial score (nSPS) is 28.6. The minimum atomic E-state index is -0.874. The van der Waals surface area contributed by atoms with Gasteiger partial charge in [-0.05, 0) is 50.9 Å². The zero-order valence-electron chi connectivity index (χ0n) is 16.3. The van der Waals surface area contributed by atoms with E-state index in [9.17, 15) is 9.59 Å². The zero-order valence-corrected chi connectivity index (χ0v) is 16.3. The number of rotatable bonds is 2. The Hall–Kier alpha value is -2.66. The van der Waals surface area contributed by atoms with Crippen molar-refractivity contribution in [3.8, 4) is 0 Å². The maximum atomic E-state index is 13.6. The lowest BCUT2D eigenvalue weighted by atomic mass is 9.78. The Morgan fingerprint density at radius 3 is 2.68 bits per heavy atom. The number of nitrogens with zero attached hydrogens (tertiary/aromatic N) is 2. The molecule has 3 heterocycles. The van der Waals surface area contributed by atoms with Crippen LogP contribution in [-0.4, -0.2) is 36.3 Å². The van der Waals surface area contributed by atoms with Crippen LogP contribution >= 0.6 is 0 Å². The van der Waals surface area contributed by atoms with Crippen molar-refractivity contribution in [3.05, 3.63) is 59.7 Å². The molecule has 3 unspecified atom stereocenters. The molecule has 3 atom stereocenters. The van der Waals surface area contributed by atoms with Gasteiger partial charge in [-0.15, -0.1) is 0 Å². The van der Waals surface area contributed by atoms with Crippen LogP contribution in [0, 0.1) is 12.8 Å². The fourth-order valence-corrected chi connectivity index (χ4v) is 5.53. The monoisotopic (exact) mass is 375 g/mol. The summed E-state index contributed by atoms with van der Waals surface area (Å²) in [5, 5.41) is 3.08. The van der Waals surface area contributed by atoms with Crippen molar-refractivity contribution in [2.45, 2.75) is 37.8 Å². The summed E-state index contributed by atoms with van der Waals surface area (Å²) >= 11 is 0. The van der Waals surface area contributed by atoms with E-state index in [-0.39, 0.29) is 17.9 Å². The predicted octanol–water partition coefficient (Wildman–Crippen LogP) is 3.29. The molecule has 5 nitrogen and oxygen atoms in total. The summed E-state index contributed by atoms with van der Waals surface area (Å²) in [6, 6.07) is 16.1. The first-order chi connectivity index (χ1) is 13.5. The van der Waals surface area contributed by atoms with E-state index in [4.69, 9.17) is 0 Å². The second-order valence-corrected chi connectivity index (χ2v) is 8.28. The van der Waals surface area contributed by atoms with E-state index >= 15 is 0 Å². The van der Waals surface area contributed by atoms with Gasteiger partial charge in [0.05, 0.1) is 5.92 Å². The number of amides is 2. The Bertz CT molecular complexity index is 955. The van der Waals surface area contributed by atoms with Gasteiger partial charge in [-0.25, -0.2) is 0 Å². The van der Waals surface area contributed by atoms with Crippen LogP contribution < -0.4 is 10.2 Å². The van der Waals surface area contributed by atoms with Crippen molar-refractivity contribution in [2.24, 2.45) is 5.92 Å². The van der Waals surface area contributed by atoms with Gasteiger partial charge >= 0.3 is 0 Å². The highest BCUT2D eigenvalue weighted by molar-refractivity contribution is 6.11. The molecule has 0 bridgehead atoms. The molecule has 0 radical (unpaired) electrons. The molecule has 2 saturated heterocycles. The smallest absolute Gasteiger partial charge is 0.252 e. The van der Waals surface area contributed by atoms with Gasteiger partial charge in [0, 0.05) is 30.0 Å². The number of likely N-dealkylation sites (N-methyl/N-ethyl adjacent to an activating group) is 1. The maximum absolute atomic E-state index is 13.6. The Kier molecular flexibility index (Phi) is 3.85. The zero-order chi connectivity index (χ0) is 19.5. The van der Waals surface area contributed by atoms with Crippen LogP contribution in [-0.2, 0) is 15.1 Å². The Morgan fingerprint density at radius 1 is 1.14 bits per heavy atom. The number of fused-ring (bicyclic) bond motifs is 4. The van der Waals surface area contributed by atoms with Crippen molar-refractivity contribution in [1.29, 1.82) is 0 Å². The SMILES string of the molecule is Cc1ccc(NC(=O)C2CC3CCCN3C23C(=O)N(C)c2ccccc23)cc1. The summed E-state index contributed by atoms with van der Waals surface area (Å²) in [6.07, 6.45) is 2.86. The molecule has 5 heteroatoms. The fraction of sp³-hybridized carbons (Fsp3) is 0.391. The minimum Gasteiger partial charge on any atom is -0.326 e. The number of nitrogens with one attached hydrogen (secondary N) is 1. The molecular formula is C23H25N3O2. The molecule has 0 saturated carbocycles. The number of hydrogen-bond donors (Lipinski definition) is 1. The number of anilines is 2. The Morgan fingerprint density at radius 2 is 1.89 bits per heavy atom. The standard InChI is InChI=1S/C23H25N3O2/c1-15-9-11-16(12-10-15)24-21(27)19-14-17-6-5-13-26(17)23(19)18-7-3-4-8-20(18)25(2)22(23)28/h3-4,7-12,17,19H,5-6,13-14H2,1-2H3,(H,24,27). The third-order valence-electron chi connectivity index (χ3n) is 6.78. The van der Waals surface area contributed by atoms with Crippen molar-refractivity contribution < 1.29 is 9.59 Å². The Balaban J connectivity index is 1.59. The number of para-hydroxylation sites is 1. The molecule has 144 valence electrons. The summed E-state index contributed by atoms with van der Waals surface area (Å²) in [5.41, 5.74) is 2.97. The van der Waals surface area contributed by atoms with Crippen molar-refractivity contribution >= 4 is 23.2 Å². The first kappa shape index (κ1) is 17.4. The Labute approximate surface area is 165 Å². The van der Waals surface area contributed by atoms with E-state index in [0.717, 1.165) is 48.3 Å². The molecule has 0 aliphatic carbocycles. The van der Waals surface area contributed by atoms with Gasteiger partial charge in [-0.1, -0.05) is 35.9 Å². The van der Waals surface area contributed by atoms with Crippen LogP contribution in [0.15, 0.2) is 48.5 Å². The highest BCUT2D eigenvalue weighted by Crippen LogP contribution is 2.56. The summed E-state index contributed by atoms with van der Waals surface area (Å²) < 4.78 is 0. The second-order valence-electron chi connectivity index (χ2n) is 8.28. The first-order valence-electron chi connectivity index (χ1n) is 10.1. The lowest BCUT2D eigenvalue weighted by Gasteiger charge is -2.37. The number of benzene rings is 2. The molecule has 2 aromatic carbocycles. The lowest BCUT2D eigenvalue weighted by molar-refractivity contribution is -0.136. The van der Waals surface area contributed by atoms with Crippen LogP contribution in [0.4, 0.5) is 11.4 Å². The van der Waals surface area contributed by atoms with Crippen LogP contribution in [0.25, 0.3) is 0 Å². The molecule has 3 aliphatic heterocycles. The van der Waals surface area contributed by atoms with Crippen molar-refractivity contribution in [2.75, 3.05) is 23.8 Å².